The van der Waals surface area contributed by atoms with Crippen LogP contribution in [0, 0.1) is 41.5 Å². The SMILES string of the molecule is Cc1cc(C)c(C2=P(c3ccc4ccccc4c3)=C(c3c(C)cc(C)cc3C)P2C(C)(C)C)c(C)c1. The lowest BCUT2D eigenvalue weighted by atomic mass is 10.0. The summed E-state index contributed by atoms with van der Waals surface area (Å²) in [6.45, 7) is 21.1. The van der Waals surface area contributed by atoms with E-state index in [0.29, 0.717) is 0 Å². The summed E-state index contributed by atoms with van der Waals surface area (Å²) in [5, 5.41) is 7.82. The lowest BCUT2D eigenvalue weighted by Crippen LogP contribution is -2.31. The van der Waals surface area contributed by atoms with Gasteiger partial charge in [-0.2, -0.15) is 0 Å². The molecule has 0 bridgehead atoms. The van der Waals surface area contributed by atoms with Crippen LogP contribution < -0.4 is 5.30 Å². The Morgan fingerprint density at radius 2 is 0.972 bits per heavy atom. The highest BCUT2D eigenvalue weighted by Gasteiger charge is 2.42. The molecule has 0 N–H and O–H groups in total. The van der Waals surface area contributed by atoms with E-state index >= 15 is 0 Å². The summed E-state index contributed by atoms with van der Waals surface area (Å²) < 4.78 is 0. The van der Waals surface area contributed by atoms with Crippen molar-refractivity contribution in [2.45, 2.75) is 67.5 Å². The summed E-state index contributed by atoms with van der Waals surface area (Å²) in [4.78, 5) is 0. The van der Waals surface area contributed by atoms with Crippen molar-refractivity contribution in [2.24, 2.45) is 0 Å². The second kappa shape index (κ2) is 9.17. The van der Waals surface area contributed by atoms with Gasteiger partial charge in [0.2, 0.25) is 0 Å². The van der Waals surface area contributed by atoms with Gasteiger partial charge in [-0.25, -0.2) is 0 Å². The summed E-state index contributed by atoms with van der Waals surface area (Å²) in [6, 6.07) is 25.6. The molecule has 184 valence electrons. The summed E-state index contributed by atoms with van der Waals surface area (Å²) in [7, 11) is -1.02. The number of rotatable bonds is 3. The number of hydrogen-bond acceptors (Lipinski definition) is 0. The fourth-order valence-electron chi connectivity index (χ4n) is 6.06. The third-order valence-corrected chi connectivity index (χ3v) is 14.4. The van der Waals surface area contributed by atoms with E-state index in [9.17, 15) is 0 Å². The van der Waals surface area contributed by atoms with Gasteiger partial charge in [0, 0.05) is 10.1 Å². The van der Waals surface area contributed by atoms with Crippen LogP contribution in [0.4, 0.5) is 0 Å². The Labute approximate surface area is 219 Å². The van der Waals surface area contributed by atoms with E-state index in [-0.39, 0.29) is 5.16 Å². The Balaban J connectivity index is 1.96. The van der Waals surface area contributed by atoms with Crippen LogP contribution >= 0.6 is 15.1 Å². The molecule has 0 fully saturated rings. The quantitative estimate of drug-likeness (QED) is 0.242. The van der Waals surface area contributed by atoms with Crippen LogP contribution in [-0.4, -0.2) is 15.2 Å². The van der Waals surface area contributed by atoms with Crippen molar-refractivity contribution in [1.82, 2.24) is 0 Å². The first-order valence-corrected chi connectivity index (χ1v) is 15.6. The molecule has 0 atom stereocenters. The Bertz CT molecular complexity index is 1500. The van der Waals surface area contributed by atoms with E-state index in [2.05, 4.69) is 129 Å². The number of benzene rings is 4. The van der Waals surface area contributed by atoms with Crippen molar-refractivity contribution >= 4 is 41.2 Å². The van der Waals surface area contributed by atoms with Crippen molar-refractivity contribution in [1.29, 1.82) is 0 Å². The molecule has 0 aliphatic carbocycles. The molecular formula is C34H38P2. The zero-order valence-corrected chi connectivity index (χ0v) is 25.0. The van der Waals surface area contributed by atoms with E-state index < -0.39 is 15.1 Å². The van der Waals surface area contributed by atoms with Crippen LogP contribution in [0.5, 0.6) is 0 Å². The molecule has 1 aliphatic rings. The first-order chi connectivity index (χ1) is 17.0. The lowest BCUT2D eigenvalue weighted by molar-refractivity contribution is 0.796. The average molecular weight is 509 g/mol. The second-order valence-electron chi connectivity index (χ2n) is 11.6. The molecular weight excluding hydrogens is 470 g/mol. The minimum Gasteiger partial charge on any atom is -0.0756 e. The molecule has 5 rings (SSSR count). The van der Waals surface area contributed by atoms with Crippen molar-refractivity contribution in [3.63, 3.8) is 0 Å². The van der Waals surface area contributed by atoms with Gasteiger partial charge in [0.25, 0.3) is 0 Å². The van der Waals surface area contributed by atoms with Crippen LogP contribution in [0.2, 0.25) is 0 Å². The number of aryl methyl sites for hydroxylation is 6. The third kappa shape index (κ3) is 4.24. The Kier molecular flexibility index (Phi) is 6.44. The molecule has 0 unspecified atom stereocenters. The van der Waals surface area contributed by atoms with Gasteiger partial charge in [-0.1, -0.05) is 99.7 Å². The standard InChI is InChI=1S/C34H38P2/c1-21-16-23(3)30(24(4)17-21)32-35(29-15-14-27-12-10-11-13-28(27)20-29)33(36(32)34(7,8)9)31-25(5)18-22(2)19-26(31)6/h10-20H,1-9H3. The molecule has 0 aromatic heterocycles. The van der Waals surface area contributed by atoms with Crippen LogP contribution in [0.15, 0.2) is 66.7 Å². The zero-order chi connectivity index (χ0) is 25.9. The summed E-state index contributed by atoms with van der Waals surface area (Å²) in [5.41, 5.74) is 11.5. The molecule has 4 aromatic rings. The monoisotopic (exact) mass is 508 g/mol. The molecule has 0 saturated heterocycles. The Morgan fingerprint density at radius 3 is 1.42 bits per heavy atom. The molecule has 0 nitrogen and oxygen atoms in total. The minimum absolute atomic E-state index is 0.198. The fourth-order valence-corrected chi connectivity index (χ4v) is 15.6. The van der Waals surface area contributed by atoms with Crippen LogP contribution in [0.1, 0.15) is 65.3 Å². The van der Waals surface area contributed by atoms with Gasteiger partial charge in [-0.15, -0.1) is 0 Å². The summed E-state index contributed by atoms with van der Waals surface area (Å²) in [6.07, 6.45) is 0. The zero-order valence-electron chi connectivity index (χ0n) is 23.2. The van der Waals surface area contributed by atoms with Crippen LogP contribution in [-0.2, 0) is 0 Å². The van der Waals surface area contributed by atoms with Gasteiger partial charge in [0.15, 0.2) is 0 Å². The van der Waals surface area contributed by atoms with Gasteiger partial charge >= 0.3 is 0 Å². The van der Waals surface area contributed by atoms with E-state index in [0.717, 1.165) is 0 Å². The van der Waals surface area contributed by atoms with Gasteiger partial charge in [-0.05, 0) is 110 Å². The molecule has 0 spiro atoms. The van der Waals surface area contributed by atoms with Crippen molar-refractivity contribution in [3.05, 3.63) is 111 Å². The lowest BCUT2D eigenvalue weighted by Gasteiger charge is -2.44. The van der Waals surface area contributed by atoms with Crippen LogP contribution in [0.25, 0.3) is 10.8 Å². The summed E-state index contributed by atoms with van der Waals surface area (Å²) >= 11 is 0. The Morgan fingerprint density at radius 1 is 0.528 bits per heavy atom. The van der Waals surface area contributed by atoms with E-state index in [1.165, 1.54) is 60.6 Å². The van der Waals surface area contributed by atoms with Gasteiger partial charge < -0.3 is 0 Å². The van der Waals surface area contributed by atoms with Gasteiger partial charge in [0.05, 0.1) is 0 Å². The second-order valence-corrected chi connectivity index (χ2v) is 17.3. The number of fused-ring (bicyclic) bond motifs is 1. The average Bonchev–Trinajstić information content (AvgIpc) is 2.75. The van der Waals surface area contributed by atoms with Gasteiger partial charge in [0.1, 0.15) is 0 Å². The fraction of sp³-hybridized carbons (Fsp3) is 0.294. The molecule has 2 heteroatoms. The van der Waals surface area contributed by atoms with E-state index in [1.54, 1.807) is 10.1 Å². The Hall–Kier alpha value is -2.39. The third-order valence-electron chi connectivity index (χ3n) is 7.31. The molecule has 0 amide bonds. The minimum atomic E-state index is -0.571. The number of hydrogen-bond donors (Lipinski definition) is 0. The molecule has 1 aliphatic heterocycles. The maximum absolute atomic E-state index is 2.48. The highest BCUT2D eigenvalue weighted by atomic mass is 31.2. The van der Waals surface area contributed by atoms with Crippen molar-refractivity contribution < 1.29 is 0 Å². The summed E-state index contributed by atoms with van der Waals surface area (Å²) in [5.74, 6) is 0. The molecule has 4 aromatic carbocycles. The molecule has 36 heavy (non-hydrogen) atoms. The van der Waals surface area contributed by atoms with E-state index in [1.807, 2.05) is 0 Å². The van der Waals surface area contributed by atoms with Crippen molar-refractivity contribution in [2.75, 3.05) is 0 Å². The van der Waals surface area contributed by atoms with E-state index in [4.69, 9.17) is 0 Å². The van der Waals surface area contributed by atoms with Crippen LogP contribution in [0.3, 0.4) is 0 Å². The first-order valence-electron chi connectivity index (χ1n) is 13.0. The molecule has 1 heterocycles. The largest absolute Gasteiger partial charge is 0.0756 e. The highest BCUT2D eigenvalue weighted by Crippen LogP contribution is 2.67. The molecule has 0 radical (unpaired) electrons. The maximum Gasteiger partial charge on any atom is 0.0134 e. The topological polar surface area (TPSA) is 0 Å². The maximum atomic E-state index is 2.48. The van der Waals surface area contributed by atoms with Crippen molar-refractivity contribution in [3.8, 4) is 0 Å². The highest BCUT2D eigenvalue weighted by molar-refractivity contribution is 8.17. The molecule has 0 saturated carbocycles. The predicted molar refractivity (Wildman–Crippen MR) is 167 cm³/mol. The smallest absolute Gasteiger partial charge is 0.0134 e. The van der Waals surface area contributed by atoms with Gasteiger partial charge in [-0.3, -0.25) is 0 Å². The predicted octanol–water partition coefficient (Wildman–Crippen LogP) is 9.45. The first kappa shape index (κ1) is 25.3. The normalized spacial score (nSPS) is 17.0.